The molecule has 4 aromatic rings. The van der Waals surface area contributed by atoms with Crippen LogP contribution in [-0.4, -0.2) is 52.9 Å². The van der Waals surface area contributed by atoms with Crippen LogP contribution in [0, 0.1) is 0 Å². The van der Waals surface area contributed by atoms with Crippen LogP contribution in [0.25, 0.3) is 22.4 Å². The number of likely N-dealkylation sites (tertiary alicyclic amines) is 1. The maximum Gasteiger partial charge on any atom is 0.256 e. The summed E-state index contributed by atoms with van der Waals surface area (Å²) >= 11 is 1.30. The third kappa shape index (κ3) is 4.75. The summed E-state index contributed by atoms with van der Waals surface area (Å²) in [6.45, 7) is 0.418. The minimum Gasteiger partial charge on any atom is -0.399 e. The molecule has 1 atom stereocenters. The lowest BCUT2D eigenvalue weighted by molar-refractivity contribution is -0.123. The molecule has 2 aromatic carbocycles. The minimum absolute atomic E-state index is 0.217. The molecule has 0 bridgehead atoms. The van der Waals surface area contributed by atoms with Crippen LogP contribution in [-0.2, 0) is 14.8 Å². The smallest absolute Gasteiger partial charge is 0.256 e. The molecule has 1 fully saturated rings. The van der Waals surface area contributed by atoms with E-state index >= 15 is 0 Å². The van der Waals surface area contributed by atoms with Crippen LogP contribution in [0.3, 0.4) is 0 Å². The zero-order valence-electron chi connectivity index (χ0n) is 19.3. The predicted octanol–water partition coefficient (Wildman–Crippen LogP) is 3.52. The average molecular weight is 522 g/mol. The molecule has 9 nitrogen and oxygen atoms in total. The van der Waals surface area contributed by atoms with E-state index in [2.05, 4.69) is 10.3 Å². The summed E-state index contributed by atoms with van der Waals surface area (Å²) in [6.07, 6.45) is 4.15. The number of aromatic nitrogens is 2. The van der Waals surface area contributed by atoms with Crippen molar-refractivity contribution in [2.24, 2.45) is 0 Å². The molecule has 11 heteroatoms. The van der Waals surface area contributed by atoms with Gasteiger partial charge in [-0.1, -0.05) is 30.3 Å². The van der Waals surface area contributed by atoms with Crippen LogP contribution in [0.2, 0.25) is 0 Å². The standard InChI is InChI=1S/C25H23N5O4S2/c1-36(33,34)29-10-8-19(14-29)24(32)30-11-9-22(30)23(31)28-25-27-21(15-35-25)18-6-2-4-16(12-18)17-5-3-7-20(26)13-17/h2-8,10,12-15,22H,9,11,26H2,1H3,(H,27,28,31)/t22-/m0/s1. The van der Waals surface area contributed by atoms with Gasteiger partial charge in [-0.3, -0.25) is 13.6 Å². The van der Waals surface area contributed by atoms with Crippen molar-refractivity contribution in [2.45, 2.75) is 12.5 Å². The van der Waals surface area contributed by atoms with E-state index in [0.29, 0.717) is 23.8 Å². The highest BCUT2D eigenvalue weighted by atomic mass is 32.2. The Morgan fingerprint density at radius 3 is 2.47 bits per heavy atom. The molecule has 3 heterocycles. The fourth-order valence-electron chi connectivity index (χ4n) is 4.01. The normalized spacial score (nSPS) is 15.4. The number of hydrogen-bond acceptors (Lipinski definition) is 7. The first kappa shape index (κ1) is 23.8. The first-order valence-electron chi connectivity index (χ1n) is 11.1. The van der Waals surface area contributed by atoms with Crippen LogP contribution in [0.4, 0.5) is 10.8 Å². The van der Waals surface area contributed by atoms with E-state index in [1.54, 1.807) is 0 Å². The molecule has 5 rings (SSSR count). The number of nitrogens with two attached hydrogens (primary N) is 1. The summed E-state index contributed by atoms with van der Waals surface area (Å²) in [5.74, 6) is -0.714. The number of carbonyl (C=O) groups is 2. The van der Waals surface area contributed by atoms with Gasteiger partial charge >= 0.3 is 0 Å². The lowest BCUT2D eigenvalue weighted by Crippen LogP contribution is -2.56. The number of thiazole rings is 1. The van der Waals surface area contributed by atoms with E-state index in [0.717, 1.165) is 32.6 Å². The Kier molecular flexibility index (Phi) is 6.10. The first-order valence-corrected chi connectivity index (χ1v) is 13.8. The lowest BCUT2D eigenvalue weighted by atomic mass is 10.0. The molecule has 0 radical (unpaired) electrons. The van der Waals surface area contributed by atoms with Crippen LogP contribution in [0.5, 0.6) is 0 Å². The zero-order valence-corrected chi connectivity index (χ0v) is 20.9. The number of amides is 2. The predicted molar refractivity (Wildman–Crippen MR) is 140 cm³/mol. The van der Waals surface area contributed by atoms with Gasteiger partial charge in [0.15, 0.2) is 5.13 Å². The van der Waals surface area contributed by atoms with Crippen molar-refractivity contribution in [3.8, 4) is 22.4 Å². The molecule has 1 aliphatic rings. The Bertz CT molecular complexity index is 1570. The summed E-state index contributed by atoms with van der Waals surface area (Å²) in [5.41, 5.74) is 10.5. The molecular weight excluding hydrogens is 498 g/mol. The van der Waals surface area contributed by atoms with Gasteiger partial charge in [-0.2, -0.15) is 0 Å². The molecule has 0 aliphatic carbocycles. The van der Waals surface area contributed by atoms with Gasteiger partial charge in [0.25, 0.3) is 5.91 Å². The SMILES string of the molecule is CS(=O)(=O)n1ccc(C(=O)N2CC[C@H]2C(=O)Nc2nc(-c3cccc(-c4cccc(N)c4)c3)cs2)c1. The molecule has 0 spiro atoms. The van der Waals surface area contributed by atoms with E-state index in [1.807, 2.05) is 53.9 Å². The highest BCUT2D eigenvalue weighted by Gasteiger charge is 2.38. The Labute approximate surface area is 212 Å². The zero-order chi connectivity index (χ0) is 25.4. The van der Waals surface area contributed by atoms with Crippen LogP contribution in [0.15, 0.2) is 72.4 Å². The van der Waals surface area contributed by atoms with Crippen molar-refractivity contribution in [1.82, 2.24) is 13.9 Å². The van der Waals surface area contributed by atoms with E-state index in [9.17, 15) is 18.0 Å². The molecule has 0 saturated carbocycles. The molecule has 0 unspecified atom stereocenters. The van der Waals surface area contributed by atoms with Crippen LogP contribution < -0.4 is 11.1 Å². The van der Waals surface area contributed by atoms with E-state index < -0.39 is 16.1 Å². The van der Waals surface area contributed by atoms with Gasteiger partial charge in [0, 0.05) is 35.6 Å². The topological polar surface area (TPSA) is 127 Å². The molecule has 1 aliphatic heterocycles. The van der Waals surface area contributed by atoms with E-state index in [-0.39, 0.29) is 17.4 Å². The minimum atomic E-state index is -3.49. The van der Waals surface area contributed by atoms with Gasteiger partial charge in [0.1, 0.15) is 6.04 Å². The molecule has 184 valence electrons. The van der Waals surface area contributed by atoms with Crippen molar-refractivity contribution in [3.63, 3.8) is 0 Å². The van der Waals surface area contributed by atoms with Crippen LogP contribution >= 0.6 is 11.3 Å². The second-order valence-electron chi connectivity index (χ2n) is 8.53. The van der Waals surface area contributed by atoms with Crippen molar-refractivity contribution in [1.29, 1.82) is 0 Å². The maximum absolute atomic E-state index is 12.9. The molecule has 1 saturated heterocycles. The summed E-state index contributed by atoms with van der Waals surface area (Å²) < 4.78 is 24.3. The van der Waals surface area contributed by atoms with E-state index in [1.165, 1.54) is 34.7 Å². The van der Waals surface area contributed by atoms with Gasteiger partial charge in [-0.15, -0.1) is 11.3 Å². The van der Waals surface area contributed by atoms with E-state index in [4.69, 9.17) is 5.73 Å². The lowest BCUT2D eigenvalue weighted by Gasteiger charge is -2.39. The first-order chi connectivity index (χ1) is 17.2. The van der Waals surface area contributed by atoms with Crippen molar-refractivity contribution >= 4 is 44.0 Å². The molecular formula is C25H23N5O4S2. The van der Waals surface area contributed by atoms with Crippen LogP contribution in [0.1, 0.15) is 16.8 Å². The second-order valence-corrected chi connectivity index (χ2v) is 11.3. The largest absolute Gasteiger partial charge is 0.399 e. The quantitative estimate of drug-likeness (QED) is 0.374. The number of nitrogens with zero attached hydrogens (tertiary/aromatic N) is 3. The third-order valence-electron chi connectivity index (χ3n) is 5.99. The molecule has 36 heavy (non-hydrogen) atoms. The number of anilines is 2. The number of carbonyl (C=O) groups excluding carboxylic acids is 2. The monoisotopic (exact) mass is 521 g/mol. The summed E-state index contributed by atoms with van der Waals surface area (Å²) in [7, 11) is -3.49. The van der Waals surface area contributed by atoms with Crippen molar-refractivity contribution < 1.29 is 18.0 Å². The maximum atomic E-state index is 12.9. The van der Waals surface area contributed by atoms with Gasteiger partial charge < -0.3 is 16.0 Å². The third-order valence-corrected chi connectivity index (χ3v) is 7.74. The van der Waals surface area contributed by atoms with Gasteiger partial charge in [-0.05, 0) is 41.8 Å². The fraction of sp³-hybridized carbons (Fsp3) is 0.160. The van der Waals surface area contributed by atoms with Gasteiger partial charge in [0.05, 0.1) is 17.5 Å². The summed E-state index contributed by atoms with van der Waals surface area (Å²) in [6, 6.07) is 16.3. The van der Waals surface area contributed by atoms with Gasteiger partial charge in [0.2, 0.25) is 15.9 Å². The van der Waals surface area contributed by atoms with Gasteiger partial charge in [-0.25, -0.2) is 13.4 Å². The number of benzene rings is 2. The highest BCUT2D eigenvalue weighted by molar-refractivity contribution is 7.89. The van der Waals surface area contributed by atoms with Crippen molar-refractivity contribution in [3.05, 3.63) is 77.9 Å². The van der Waals surface area contributed by atoms with Crippen molar-refractivity contribution in [2.75, 3.05) is 23.9 Å². The fourth-order valence-corrected chi connectivity index (χ4v) is 5.32. The Morgan fingerprint density at radius 1 is 1.08 bits per heavy atom. The molecule has 2 aromatic heterocycles. The summed E-state index contributed by atoms with van der Waals surface area (Å²) in [5, 5.41) is 5.11. The number of hydrogen-bond donors (Lipinski definition) is 2. The molecule has 2 amide bonds. The number of rotatable bonds is 6. The Balaban J connectivity index is 1.27. The Morgan fingerprint density at radius 2 is 1.81 bits per heavy atom. The second kappa shape index (κ2) is 9.25. The average Bonchev–Trinajstić information content (AvgIpc) is 3.48. The highest BCUT2D eigenvalue weighted by Crippen LogP contribution is 2.30. The molecule has 3 N–H and O–H groups in total. The number of nitrogens with one attached hydrogen (secondary N) is 1. The number of nitrogen functional groups attached to an aromatic ring is 1. The summed E-state index contributed by atoms with van der Waals surface area (Å²) in [4.78, 5) is 31.7. The Hall–Kier alpha value is -3.96.